The summed E-state index contributed by atoms with van der Waals surface area (Å²) < 4.78 is 13.5. The fourth-order valence-corrected chi connectivity index (χ4v) is 2.68. The molecule has 0 aliphatic carbocycles. The van der Waals surface area contributed by atoms with Crippen LogP contribution in [0.2, 0.25) is 0 Å². The number of nitrogens with one attached hydrogen (secondary N) is 1. The summed E-state index contributed by atoms with van der Waals surface area (Å²) in [4.78, 5) is 2.36. The molecule has 1 unspecified atom stereocenters. The lowest BCUT2D eigenvalue weighted by atomic mass is 9.98. The molecule has 0 bridgehead atoms. The molecule has 1 N–H and O–H groups in total. The summed E-state index contributed by atoms with van der Waals surface area (Å²) in [5.74, 6) is -0.128. The van der Waals surface area contributed by atoms with E-state index in [1.165, 1.54) is 25.3 Å². The number of halogens is 1. The maximum Gasteiger partial charge on any atom is 0.148 e. The van der Waals surface area contributed by atoms with Crippen molar-refractivity contribution in [3.8, 4) is 0 Å². The average molecular weight is 206 g/mol. The van der Waals surface area contributed by atoms with Crippen molar-refractivity contribution in [2.24, 2.45) is 0 Å². The molecule has 0 saturated carbocycles. The van der Waals surface area contributed by atoms with Gasteiger partial charge in [-0.15, -0.1) is 0 Å². The molecule has 1 saturated heterocycles. The van der Waals surface area contributed by atoms with Crippen molar-refractivity contribution in [2.75, 3.05) is 23.3 Å². The molecule has 2 nitrogen and oxygen atoms in total. The van der Waals surface area contributed by atoms with E-state index in [4.69, 9.17) is 0 Å². The number of fused-ring (bicyclic) bond motifs is 3. The molecule has 3 rings (SSSR count). The molecule has 1 aromatic carbocycles. The Labute approximate surface area is 89.1 Å². The molecule has 80 valence electrons. The molecule has 0 amide bonds. The van der Waals surface area contributed by atoms with E-state index in [1.54, 1.807) is 6.07 Å². The average Bonchev–Trinajstić information content (AvgIpc) is 2.29. The third-order valence-corrected chi connectivity index (χ3v) is 3.44. The fourth-order valence-electron chi connectivity index (χ4n) is 2.68. The predicted octanol–water partition coefficient (Wildman–Crippen LogP) is 2.61. The number of rotatable bonds is 0. The van der Waals surface area contributed by atoms with Crippen LogP contribution in [0.4, 0.5) is 15.8 Å². The van der Waals surface area contributed by atoms with Crippen LogP contribution in [-0.4, -0.2) is 19.1 Å². The highest BCUT2D eigenvalue weighted by atomic mass is 19.1. The van der Waals surface area contributed by atoms with Gasteiger partial charge in [-0.1, -0.05) is 6.07 Å². The normalized spacial score (nSPS) is 24.1. The van der Waals surface area contributed by atoms with Gasteiger partial charge in [0.1, 0.15) is 5.82 Å². The van der Waals surface area contributed by atoms with Crippen LogP contribution < -0.4 is 10.2 Å². The summed E-state index contributed by atoms with van der Waals surface area (Å²) in [6.45, 7) is 1.96. The van der Waals surface area contributed by atoms with Gasteiger partial charge in [0.25, 0.3) is 0 Å². The second-order valence-electron chi connectivity index (χ2n) is 4.36. The number of hydrogen-bond donors (Lipinski definition) is 1. The lowest BCUT2D eigenvalue weighted by molar-refractivity contribution is 0.463. The zero-order valence-electron chi connectivity index (χ0n) is 8.67. The molecule has 0 radical (unpaired) electrons. The van der Waals surface area contributed by atoms with Crippen LogP contribution in [0, 0.1) is 5.82 Å². The molecule has 15 heavy (non-hydrogen) atoms. The highest BCUT2D eigenvalue weighted by Crippen LogP contribution is 2.36. The third kappa shape index (κ3) is 1.37. The van der Waals surface area contributed by atoms with Crippen molar-refractivity contribution in [1.82, 2.24) is 0 Å². The predicted molar refractivity (Wildman–Crippen MR) is 59.9 cm³/mol. The van der Waals surface area contributed by atoms with Gasteiger partial charge < -0.3 is 10.2 Å². The van der Waals surface area contributed by atoms with Crippen LogP contribution in [0.3, 0.4) is 0 Å². The van der Waals surface area contributed by atoms with E-state index in [1.807, 2.05) is 6.07 Å². The lowest BCUT2D eigenvalue weighted by Crippen LogP contribution is -2.47. The summed E-state index contributed by atoms with van der Waals surface area (Å²) in [7, 11) is 0. The minimum atomic E-state index is -0.128. The van der Waals surface area contributed by atoms with Gasteiger partial charge in [0.05, 0.1) is 11.4 Å². The quantitative estimate of drug-likeness (QED) is 0.702. The zero-order chi connectivity index (χ0) is 10.3. The van der Waals surface area contributed by atoms with Crippen molar-refractivity contribution >= 4 is 11.4 Å². The van der Waals surface area contributed by atoms with Gasteiger partial charge in [0.15, 0.2) is 0 Å². The van der Waals surface area contributed by atoms with Crippen LogP contribution in [0.15, 0.2) is 18.2 Å². The van der Waals surface area contributed by atoms with Gasteiger partial charge >= 0.3 is 0 Å². The smallest absolute Gasteiger partial charge is 0.148 e. The van der Waals surface area contributed by atoms with Gasteiger partial charge in [0.2, 0.25) is 0 Å². The summed E-state index contributed by atoms with van der Waals surface area (Å²) >= 11 is 0. The van der Waals surface area contributed by atoms with Crippen molar-refractivity contribution in [3.05, 3.63) is 24.0 Å². The minimum Gasteiger partial charge on any atom is -0.379 e. The SMILES string of the molecule is Fc1cccc2c1NCC1CCCCN21. The van der Waals surface area contributed by atoms with Crippen molar-refractivity contribution < 1.29 is 4.39 Å². The minimum absolute atomic E-state index is 0.128. The molecule has 2 aliphatic rings. The molecule has 1 atom stereocenters. The van der Waals surface area contributed by atoms with E-state index < -0.39 is 0 Å². The van der Waals surface area contributed by atoms with E-state index in [0.717, 1.165) is 18.8 Å². The van der Waals surface area contributed by atoms with Crippen molar-refractivity contribution in [2.45, 2.75) is 25.3 Å². The highest BCUT2D eigenvalue weighted by Gasteiger charge is 2.29. The van der Waals surface area contributed by atoms with Gasteiger partial charge in [-0.05, 0) is 31.4 Å². The molecule has 0 aromatic heterocycles. The van der Waals surface area contributed by atoms with Crippen LogP contribution in [0.25, 0.3) is 0 Å². The second kappa shape index (κ2) is 3.40. The first kappa shape index (κ1) is 9.01. The number of anilines is 2. The van der Waals surface area contributed by atoms with Gasteiger partial charge in [-0.2, -0.15) is 0 Å². The fraction of sp³-hybridized carbons (Fsp3) is 0.500. The second-order valence-corrected chi connectivity index (χ2v) is 4.36. The van der Waals surface area contributed by atoms with Crippen LogP contribution >= 0.6 is 0 Å². The summed E-state index contributed by atoms with van der Waals surface area (Å²) in [6, 6.07) is 5.90. The summed E-state index contributed by atoms with van der Waals surface area (Å²) in [5.41, 5.74) is 1.74. The number of nitrogens with zero attached hydrogens (tertiary/aromatic N) is 1. The Morgan fingerprint density at radius 2 is 2.27 bits per heavy atom. The van der Waals surface area contributed by atoms with Crippen molar-refractivity contribution in [1.29, 1.82) is 0 Å². The molecular weight excluding hydrogens is 191 g/mol. The largest absolute Gasteiger partial charge is 0.379 e. The standard InChI is InChI=1S/C12H15FN2/c13-10-5-3-6-11-12(10)14-8-9-4-1-2-7-15(9)11/h3,5-6,9,14H,1-2,4,7-8H2. The van der Waals surface area contributed by atoms with E-state index in [0.29, 0.717) is 11.7 Å². The molecule has 1 fully saturated rings. The molecular formula is C12H15FN2. The van der Waals surface area contributed by atoms with Crippen molar-refractivity contribution in [3.63, 3.8) is 0 Å². The Kier molecular flexibility index (Phi) is 2.04. The Morgan fingerprint density at radius 1 is 1.33 bits per heavy atom. The Hall–Kier alpha value is -1.25. The monoisotopic (exact) mass is 206 g/mol. The summed E-state index contributed by atoms with van der Waals surface area (Å²) in [5, 5.41) is 3.21. The first-order valence-electron chi connectivity index (χ1n) is 5.65. The molecule has 2 aliphatic heterocycles. The lowest BCUT2D eigenvalue weighted by Gasteiger charge is -2.42. The van der Waals surface area contributed by atoms with Gasteiger partial charge in [-0.25, -0.2) is 4.39 Å². The van der Waals surface area contributed by atoms with E-state index in [9.17, 15) is 4.39 Å². The number of para-hydroxylation sites is 1. The van der Waals surface area contributed by atoms with E-state index >= 15 is 0 Å². The summed E-state index contributed by atoms with van der Waals surface area (Å²) in [6.07, 6.45) is 3.75. The first-order chi connectivity index (χ1) is 7.36. The van der Waals surface area contributed by atoms with E-state index in [2.05, 4.69) is 10.2 Å². The Bertz CT molecular complexity index is 378. The number of piperidine rings is 1. The molecule has 3 heteroatoms. The topological polar surface area (TPSA) is 15.3 Å². The van der Waals surface area contributed by atoms with Crippen LogP contribution in [-0.2, 0) is 0 Å². The maximum atomic E-state index is 13.5. The molecule has 0 spiro atoms. The first-order valence-corrected chi connectivity index (χ1v) is 5.65. The van der Waals surface area contributed by atoms with Gasteiger partial charge in [0, 0.05) is 19.1 Å². The van der Waals surface area contributed by atoms with Crippen LogP contribution in [0.1, 0.15) is 19.3 Å². The number of benzene rings is 1. The Balaban J connectivity index is 2.03. The van der Waals surface area contributed by atoms with E-state index in [-0.39, 0.29) is 5.82 Å². The highest BCUT2D eigenvalue weighted by molar-refractivity contribution is 5.73. The third-order valence-electron chi connectivity index (χ3n) is 3.44. The van der Waals surface area contributed by atoms with Crippen LogP contribution in [0.5, 0.6) is 0 Å². The molecule has 2 heterocycles. The number of hydrogen-bond acceptors (Lipinski definition) is 2. The van der Waals surface area contributed by atoms with Gasteiger partial charge in [-0.3, -0.25) is 0 Å². The molecule has 1 aromatic rings. The maximum absolute atomic E-state index is 13.5. The zero-order valence-corrected chi connectivity index (χ0v) is 8.67. The Morgan fingerprint density at radius 3 is 3.20 bits per heavy atom.